The molecule has 0 heterocycles. The quantitative estimate of drug-likeness (QED) is 0.827. The van der Waals surface area contributed by atoms with Gasteiger partial charge in [-0.1, -0.05) is 13.8 Å². The molecule has 6 heteroatoms. The molecule has 1 aromatic rings. The van der Waals surface area contributed by atoms with Crippen LogP contribution in [0.1, 0.15) is 19.4 Å². The van der Waals surface area contributed by atoms with E-state index in [0.717, 1.165) is 5.56 Å². The number of ether oxygens (including phenoxy) is 1. The monoisotopic (exact) mass is 287 g/mol. The molecule has 108 valence electrons. The van der Waals surface area contributed by atoms with Crippen LogP contribution in [0.4, 0.5) is 0 Å². The van der Waals surface area contributed by atoms with Gasteiger partial charge in [0, 0.05) is 6.04 Å². The van der Waals surface area contributed by atoms with Crippen molar-refractivity contribution in [2.45, 2.75) is 31.7 Å². The van der Waals surface area contributed by atoms with E-state index < -0.39 is 16.1 Å². The molecule has 0 saturated carbocycles. The zero-order chi connectivity index (χ0) is 14.6. The summed E-state index contributed by atoms with van der Waals surface area (Å²) < 4.78 is 32.0. The molecule has 0 spiro atoms. The predicted molar refractivity (Wildman–Crippen MR) is 73.8 cm³/mol. The summed E-state index contributed by atoms with van der Waals surface area (Å²) in [6.45, 7) is 5.25. The average molecular weight is 287 g/mol. The molecule has 0 amide bonds. The molecule has 0 saturated heterocycles. The fourth-order valence-corrected chi connectivity index (χ4v) is 3.13. The van der Waals surface area contributed by atoms with Crippen molar-refractivity contribution in [2.24, 2.45) is 5.92 Å². The van der Waals surface area contributed by atoms with Crippen molar-refractivity contribution in [2.75, 3.05) is 13.7 Å². The predicted octanol–water partition coefficient (Wildman–Crippen LogP) is 1.30. The number of rotatable bonds is 6. The zero-order valence-electron chi connectivity index (χ0n) is 11.7. The van der Waals surface area contributed by atoms with Gasteiger partial charge in [0.15, 0.2) is 0 Å². The second-order valence-electron chi connectivity index (χ2n) is 4.79. The summed E-state index contributed by atoms with van der Waals surface area (Å²) in [5.41, 5.74) is 0.746. The maximum absolute atomic E-state index is 12.2. The van der Waals surface area contributed by atoms with E-state index in [1.165, 1.54) is 13.2 Å². The SMILES string of the molecule is COc1ccc(S(=O)(=O)NC(CO)C(C)C)cc1C. The van der Waals surface area contributed by atoms with E-state index in [0.29, 0.717) is 5.75 Å². The van der Waals surface area contributed by atoms with E-state index in [-0.39, 0.29) is 17.4 Å². The van der Waals surface area contributed by atoms with Gasteiger partial charge in [0.1, 0.15) is 5.75 Å². The van der Waals surface area contributed by atoms with Gasteiger partial charge < -0.3 is 9.84 Å². The number of aliphatic hydroxyl groups excluding tert-OH is 1. The van der Waals surface area contributed by atoms with E-state index in [2.05, 4.69) is 4.72 Å². The Morgan fingerprint density at radius 1 is 1.37 bits per heavy atom. The number of methoxy groups -OCH3 is 1. The minimum absolute atomic E-state index is 0.0131. The Morgan fingerprint density at radius 3 is 2.42 bits per heavy atom. The minimum atomic E-state index is -3.63. The standard InChI is InChI=1S/C13H21NO4S/c1-9(2)12(8-15)14-19(16,17)11-5-6-13(18-4)10(3)7-11/h5-7,9,12,14-15H,8H2,1-4H3. The molecule has 1 unspecified atom stereocenters. The number of aliphatic hydroxyl groups is 1. The van der Waals surface area contributed by atoms with E-state index in [1.807, 2.05) is 13.8 Å². The van der Waals surface area contributed by atoms with Crippen LogP contribution in [0.25, 0.3) is 0 Å². The molecule has 0 aromatic heterocycles. The first kappa shape index (κ1) is 15.9. The van der Waals surface area contributed by atoms with Gasteiger partial charge >= 0.3 is 0 Å². The third-order valence-corrected chi connectivity index (χ3v) is 4.47. The molecule has 5 nitrogen and oxygen atoms in total. The van der Waals surface area contributed by atoms with Crippen LogP contribution in [0.2, 0.25) is 0 Å². The maximum Gasteiger partial charge on any atom is 0.240 e. The molecular weight excluding hydrogens is 266 g/mol. The Morgan fingerprint density at radius 2 is 2.00 bits per heavy atom. The van der Waals surface area contributed by atoms with Crippen LogP contribution in [0.5, 0.6) is 5.75 Å². The summed E-state index contributed by atoms with van der Waals surface area (Å²) in [5, 5.41) is 9.20. The lowest BCUT2D eigenvalue weighted by molar-refractivity contribution is 0.227. The molecule has 1 rings (SSSR count). The van der Waals surface area contributed by atoms with Gasteiger partial charge in [-0.3, -0.25) is 0 Å². The van der Waals surface area contributed by atoms with Crippen molar-refractivity contribution in [1.82, 2.24) is 4.72 Å². The van der Waals surface area contributed by atoms with Crippen LogP contribution in [0.15, 0.2) is 23.1 Å². The van der Waals surface area contributed by atoms with Crippen LogP contribution < -0.4 is 9.46 Å². The van der Waals surface area contributed by atoms with E-state index in [9.17, 15) is 13.5 Å². The lowest BCUT2D eigenvalue weighted by Gasteiger charge is -2.20. The van der Waals surface area contributed by atoms with Crippen molar-refractivity contribution in [3.05, 3.63) is 23.8 Å². The summed E-state index contributed by atoms with van der Waals surface area (Å²) in [4.78, 5) is 0.171. The highest BCUT2D eigenvalue weighted by molar-refractivity contribution is 7.89. The molecule has 0 bridgehead atoms. The lowest BCUT2D eigenvalue weighted by atomic mass is 10.1. The topological polar surface area (TPSA) is 75.6 Å². The molecule has 1 atom stereocenters. The van der Waals surface area contributed by atoms with E-state index >= 15 is 0 Å². The molecule has 2 N–H and O–H groups in total. The summed E-state index contributed by atoms with van der Waals surface area (Å²) >= 11 is 0. The van der Waals surface area contributed by atoms with Crippen molar-refractivity contribution in [3.63, 3.8) is 0 Å². The van der Waals surface area contributed by atoms with Crippen molar-refractivity contribution < 1.29 is 18.3 Å². The number of sulfonamides is 1. The van der Waals surface area contributed by atoms with E-state index in [1.54, 1.807) is 19.1 Å². The highest BCUT2D eigenvalue weighted by Gasteiger charge is 2.22. The molecule has 0 radical (unpaired) electrons. The maximum atomic E-state index is 12.2. The lowest BCUT2D eigenvalue weighted by Crippen LogP contribution is -2.41. The smallest absolute Gasteiger partial charge is 0.240 e. The van der Waals surface area contributed by atoms with Gasteiger partial charge in [-0.2, -0.15) is 0 Å². The summed E-state index contributed by atoms with van der Waals surface area (Å²) in [7, 11) is -2.09. The molecule has 0 fully saturated rings. The molecule has 0 aliphatic carbocycles. The van der Waals surface area contributed by atoms with Gasteiger partial charge in [0.05, 0.1) is 18.6 Å². The second kappa shape index (κ2) is 6.36. The Labute approximate surface area is 114 Å². The first-order valence-corrected chi connectivity index (χ1v) is 7.58. The van der Waals surface area contributed by atoms with Crippen LogP contribution >= 0.6 is 0 Å². The largest absolute Gasteiger partial charge is 0.496 e. The Hall–Kier alpha value is -1.11. The van der Waals surface area contributed by atoms with Crippen LogP contribution in [0, 0.1) is 12.8 Å². The van der Waals surface area contributed by atoms with Crippen molar-refractivity contribution >= 4 is 10.0 Å². The Balaban J connectivity index is 3.03. The number of hydrogen-bond donors (Lipinski definition) is 2. The van der Waals surface area contributed by atoms with Gasteiger partial charge in [0.25, 0.3) is 0 Å². The number of nitrogens with one attached hydrogen (secondary N) is 1. The first-order chi connectivity index (χ1) is 8.81. The van der Waals surface area contributed by atoms with Gasteiger partial charge in [-0.25, -0.2) is 13.1 Å². The molecule has 19 heavy (non-hydrogen) atoms. The zero-order valence-corrected chi connectivity index (χ0v) is 12.5. The van der Waals surface area contributed by atoms with Crippen LogP contribution in [0.3, 0.4) is 0 Å². The Bertz CT molecular complexity index is 525. The van der Waals surface area contributed by atoms with Crippen molar-refractivity contribution in [3.8, 4) is 5.75 Å². The van der Waals surface area contributed by atoms with Gasteiger partial charge in [0.2, 0.25) is 10.0 Å². The van der Waals surface area contributed by atoms with Crippen LogP contribution in [-0.2, 0) is 10.0 Å². The number of benzene rings is 1. The second-order valence-corrected chi connectivity index (χ2v) is 6.50. The van der Waals surface area contributed by atoms with Gasteiger partial charge in [-0.15, -0.1) is 0 Å². The third kappa shape index (κ3) is 3.92. The minimum Gasteiger partial charge on any atom is -0.496 e. The summed E-state index contributed by atoms with van der Waals surface area (Å²) in [6.07, 6.45) is 0. The number of hydrogen-bond acceptors (Lipinski definition) is 4. The first-order valence-electron chi connectivity index (χ1n) is 6.09. The fraction of sp³-hybridized carbons (Fsp3) is 0.538. The molecule has 0 aliphatic rings. The van der Waals surface area contributed by atoms with Crippen LogP contribution in [-0.4, -0.2) is 33.3 Å². The molecule has 1 aromatic carbocycles. The average Bonchev–Trinajstić information content (AvgIpc) is 2.35. The number of aryl methyl sites for hydroxylation is 1. The summed E-state index contributed by atoms with van der Waals surface area (Å²) in [5.74, 6) is 0.653. The Kier molecular flexibility index (Phi) is 5.34. The third-order valence-electron chi connectivity index (χ3n) is 2.98. The summed E-state index contributed by atoms with van der Waals surface area (Å²) in [6, 6.07) is 4.17. The van der Waals surface area contributed by atoms with Gasteiger partial charge in [-0.05, 0) is 36.6 Å². The highest BCUT2D eigenvalue weighted by atomic mass is 32.2. The highest BCUT2D eigenvalue weighted by Crippen LogP contribution is 2.21. The normalized spacial score (nSPS) is 13.6. The fourth-order valence-electron chi connectivity index (χ4n) is 1.67. The van der Waals surface area contributed by atoms with E-state index in [4.69, 9.17) is 4.74 Å². The van der Waals surface area contributed by atoms with Crippen molar-refractivity contribution in [1.29, 1.82) is 0 Å². The molecule has 0 aliphatic heterocycles. The molecular formula is C13H21NO4S.